The Bertz CT molecular complexity index is 2000. The van der Waals surface area contributed by atoms with Crippen LogP contribution in [0.1, 0.15) is 100 Å². The van der Waals surface area contributed by atoms with Gasteiger partial charge in [-0.05, 0) is 74.1 Å². The molecule has 5 atom stereocenters. The fraction of sp³-hybridized carbons (Fsp3) is 0.525. The highest BCUT2D eigenvalue weighted by atomic mass is 35.5. The number of nitrogens with zero attached hydrogens (tertiary/aromatic N) is 4. The highest BCUT2D eigenvalue weighted by molar-refractivity contribution is 8.00. The van der Waals surface area contributed by atoms with Crippen molar-refractivity contribution in [3.05, 3.63) is 69.3 Å². The van der Waals surface area contributed by atoms with Gasteiger partial charge in [0, 0.05) is 46.1 Å². The molecule has 2 aromatic carbocycles. The van der Waals surface area contributed by atoms with E-state index in [1.165, 1.54) is 0 Å². The van der Waals surface area contributed by atoms with Gasteiger partial charge in [0.1, 0.15) is 17.7 Å². The summed E-state index contributed by atoms with van der Waals surface area (Å²) < 4.78 is 7.17. The number of fused-ring (bicyclic) bond motifs is 5. The molecule has 1 aromatic heterocycles. The molecule has 0 bridgehead atoms. The maximum atomic E-state index is 14.5. The van der Waals surface area contributed by atoms with Gasteiger partial charge in [0.05, 0.1) is 31.1 Å². The number of urea groups is 1. The Hall–Kier alpha value is -4.34. The number of rotatable bonds is 18. The van der Waals surface area contributed by atoms with Crippen molar-refractivity contribution < 1.29 is 28.7 Å². The van der Waals surface area contributed by atoms with Crippen LogP contribution < -0.4 is 26.2 Å². The predicted octanol–water partition coefficient (Wildman–Crippen LogP) is 5.89. The summed E-state index contributed by atoms with van der Waals surface area (Å²) in [4.78, 5) is 65.8. The van der Waals surface area contributed by atoms with Gasteiger partial charge in [0.2, 0.25) is 17.7 Å². The Morgan fingerprint density at radius 2 is 1.74 bits per heavy atom. The molecule has 14 nitrogen and oxygen atoms in total. The number of hydrogen-bond donors (Lipinski definition) is 4. The molecule has 2 fully saturated rings. The second-order valence-electron chi connectivity index (χ2n) is 15.2. The van der Waals surface area contributed by atoms with Gasteiger partial charge in [-0.2, -0.15) is 11.8 Å². The fourth-order valence-corrected chi connectivity index (χ4v) is 10.2. The van der Waals surface area contributed by atoms with E-state index < -0.39 is 5.41 Å². The number of anilines is 2. The van der Waals surface area contributed by atoms with Gasteiger partial charge in [-0.1, -0.05) is 66.2 Å². The maximum Gasteiger partial charge on any atom is 0.315 e. The molecule has 17 heteroatoms. The van der Waals surface area contributed by atoms with Gasteiger partial charge in [-0.15, -0.1) is 5.10 Å². The summed E-state index contributed by atoms with van der Waals surface area (Å²) in [7, 11) is 0. The molecule has 304 valence electrons. The second kappa shape index (κ2) is 18.1. The predicted molar refractivity (Wildman–Crippen MR) is 219 cm³/mol. The van der Waals surface area contributed by atoms with Crippen molar-refractivity contribution in [2.24, 2.45) is 0 Å². The lowest BCUT2D eigenvalue weighted by atomic mass is 9.73. The zero-order valence-electron chi connectivity index (χ0n) is 31.9. The van der Waals surface area contributed by atoms with Crippen LogP contribution in [0, 0.1) is 0 Å². The van der Waals surface area contributed by atoms with Crippen LogP contribution in [0.3, 0.4) is 0 Å². The minimum atomic E-state index is -1.45. The lowest BCUT2D eigenvalue weighted by Gasteiger charge is -2.31. The van der Waals surface area contributed by atoms with E-state index in [2.05, 4.69) is 31.6 Å². The third kappa shape index (κ3) is 8.90. The third-order valence-electron chi connectivity index (χ3n) is 11.4. The summed E-state index contributed by atoms with van der Waals surface area (Å²) in [6.07, 6.45) is 7.72. The molecule has 1 spiro atoms. The van der Waals surface area contributed by atoms with Crippen molar-refractivity contribution in [2.75, 3.05) is 35.7 Å². The van der Waals surface area contributed by atoms with E-state index in [9.17, 15) is 24.0 Å². The van der Waals surface area contributed by atoms with E-state index in [0.29, 0.717) is 57.4 Å². The number of esters is 1. The maximum absolute atomic E-state index is 14.5. The molecule has 7 rings (SSSR count). The summed E-state index contributed by atoms with van der Waals surface area (Å²) in [5, 5.41) is 22.2. The zero-order chi connectivity index (χ0) is 40.1. The molecular weight excluding hydrogens is 791 g/mol. The molecule has 0 radical (unpaired) electrons. The Balaban J connectivity index is 0.822. The largest absolute Gasteiger partial charge is 0.464 e. The van der Waals surface area contributed by atoms with Crippen LogP contribution in [0.15, 0.2) is 42.5 Å². The summed E-state index contributed by atoms with van der Waals surface area (Å²) in [6.45, 7) is 2.64. The fourth-order valence-electron chi connectivity index (χ4n) is 8.35. The Morgan fingerprint density at radius 1 is 0.982 bits per heavy atom. The minimum Gasteiger partial charge on any atom is -0.464 e. The van der Waals surface area contributed by atoms with E-state index in [0.717, 1.165) is 56.3 Å². The first kappa shape index (κ1) is 40.8. The lowest BCUT2D eigenvalue weighted by molar-refractivity contribution is -0.143. The van der Waals surface area contributed by atoms with E-state index in [-0.39, 0.29) is 73.8 Å². The Morgan fingerprint density at radius 3 is 2.56 bits per heavy atom. The molecule has 0 aliphatic carbocycles. The van der Waals surface area contributed by atoms with Gasteiger partial charge in [0.15, 0.2) is 5.82 Å². The summed E-state index contributed by atoms with van der Waals surface area (Å²) in [5.41, 5.74) is 0.911. The monoisotopic (exact) mass is 838 g/mol. The zero-order valence-corrected chi connectivity index (χ0v) is 34.2. The molecule has 1 unspecified atom stereocenters. The third-order valence-corrected chi connectivity index (χ3v) is 13.4. The van der Waals surface area contributed by atoms with Crippen LogP contribution in [0.4, 0.5) is 16.3 Å². The first-order valence-electron chi connectivity index (χ1n) is 19.8. The van der Waals surface area contributed by atoms with Crippen LogP contribution in [0.5, 0.6) is 0 Å². The lowest BCUT2D eigenvalue weighted by Crippen LogP contribution is -2.47. The normalized spacial score (nSPS) is 22.4. The van der Waals surface area contributed by atoms with E-state index in [1.807, 2.05) is 30.8 Å². The first-order chi connectivity index (χ1) is 27.5. The summed E-state index contributed by atoms with van der Waals surface area (Å²) in [5.74, 6) is 0.306. The summed E-state index contributed by atoms with van der Waals surface area (Å²) >= 11 is 14.5. The standard InChI is InChI=1S/C40H48Cl2N8O6S/c1-24(25-12-14-26(41)15-13-25)50-37-36(47-48-50)40(22-33(52)45-37)28-21-27(42)16-17-30(28)49(38(40)54)19-20-56-34(53)11-5-3-2-4-8-18-43-32(51)10-7-6-9-31-35-29(23-57-31)44-39(55)46-35/h12-17,21,24,29,31,35H,2-11,18-20,22-23H2,1H3,(H,43,51)(H,45,52)(H2,44,46,55)/t24?,29-,31-,35-,40-/m0/s1. The van der Waals surface area contributed by atoms with Crippen molar-refractivity contribution in [1.29, 1.82) is 0 Å². The van der Waals surface area contributed by atoms with Crippen molar-refractivity contribution in [2.45, 2.75) is 106 Å². The molecule has 57 heavy (non-hydrogen) atoms. The number of carbonyl (C=O) groups excluding carboxylic acids is 5. The van der Waals surface area contributed by atoms with E-state index in [4.69, 9.17) is 27.9 Å². The minimum absolute atomic E-state index is 0.0159. The number of benzene rings is 2. The molecule has 0 saturated carbocycles. The number of hydrogen-bond acceptors (Lipinski definition) is 9. The van der Waals surface area contributed by atoms with Crippen molar-refractivity contribution in [3.8, 4) is 0 Å². The van der Waals surface area contributed by atoms with Crippen molar-refractivity contribution >= 4 is 76.2 Å². The van der Waals surface area contributed by atoms with E-state index in [1.54, 1.807) is 39.9 Å². The molecule has 5 heterocycles. The number of halogens is 2. The molecule has 5 amide bonds. The number of ether oxygens (including phenoxy) is 1. The topological polar surface area (TPSA) is 177 Å². The van der Waals surface area contributed by atoms with Crippen LogP contribution in [0.25, 0.3) is 0 Å². The highest BCUT2D eigenvalue weighted by Crippen LogP contribution is 2.52. The molecule has 2 saturated heterocycles. The quantitative estimate of drug-likeness (QED) is 0.0691. The second-order valence-corrected chi connectivity index (χ2v) is 17.3. The van der Waals surface area contributed by atoms with Crippen LogP contribution in [-0.2, 0) is 29.3 Å². The van der Waals surface area contributed by atoms with E-state index >= 15 is 0 Å². The van der Waals surface area contributed by atoms with Gasteiger partial charge in [0.25, 0.3) is 0 Å². The van der Waals surface area contributed by atoms with Crippen LogP contribution in [0.2, 0.25) is 10.0 Å². The number of unbranched alkanes of at least 4 members (excludes halogenated alkanes) is 5. The average Bonchev–Trinajstić information content (AvgIpc) is 3.94. The smallest absolute Gasteiger partial charge is 0.315 e. The molecule has 4 N–H and O–H groups in total. The summed E-state index contributed by atoms with van der Waals surface area (Å²) in [6, 6.07) is 12.5. The van der Waals surface area contributed by atoms with Gasteiger partial charge >= 0.3 is 12.0 Å². The molecular formula is C40H48Cl2N8O6S. The first-order valence-corrected chi connectivity index (χ1v) is 21.6. The SMILES string of the molecule is CC(c1ccc(Cl)cc1)n1nnc2c1NC(=O)C[C@@]21C(=O)N(CCOC(=O)CCCCCCCNC(=O)CCCC[C@@H]2SC[C@@H]3NC(=O)N[C@@H]32)c2ccc(Cl)cc21. The Labute approximate surface area is 345 Å². The number of nitrogens with one attached hydrogen (secondary N) is 4. The number of carbonyl (C=O) groups is 5. The average molecular weight is 840 g/mol. The van der Waals surface area contributed by atoms with Crippen LogP contribution in [-0.4, -0.2) is 87.5 Å². The van der Waals surface area contributed by atoms with Gasteiger partial charge in [-0.3, -0.25) is 19.2 Å². The van der Waals surface area contributed by atoms with Crippen molar-refractivity contribution in [1.82, 2.24) is 30.9 Å². The number of amides is 5. The number of aromatic nitrogens is 3. The number of thioether (sulfide) groups is 1. The molecule has 4 aliphatic heterocycles. The molecule has 4 aliphatic rings. The molecule has 3 aromatic rings. The highest BCUT2D eigenvalue weighted by Gasteiger charge is 2.58. The van der Waals surface area contributed by atoms with Crippen molar-refractivity contribution in [3.63, 3.8) is 0 Å². The Kier molecular flexibility index (Phi) is 12.9. The van der Waals surface area contributed by atoms with Crippen LogP contribution >= 0.6 is 35.0 Å². The van der Waals surface area contributed by atoms with Gasteiger partial charge < -0.3 is 30.9 Å². The van der Waals surface area contributed by atoms with Gasteiger partial charge in [-0.25, -0.2) is 9.48 Å².